The average molecular weight is 152 g/mol. The van der Waals surface area contributed by atoms with Crippen LogP contribution in [0.5, 0.6) is 0 Å². The molecule has 0 fully saturated rings. The van der Waals surface area contributed by atoms with Crippen molar-refractivity contribution in [3.63, 3.8) is 0 Å². The zero-order valence-electron chi connectivity index (χ0n) is 7.29. The Bertz CT molecular complexity index is 143. The van der Waals surface area contributed by atoms with Crippen molar-refractivity contribution >= 4 is 0 Å². The standard InChI is InChI=1S/C10H16O/c1-3-4-5-6-7-8-9-10-11-2/h4-9H,3,10H2,1-2H3/b5-4+,7-6+,9-8+. The number of ether oxygens (including phenoxy) is 1. The molecule has 0 amide bonds. The highest BCUT2D eigenvalue weighted by atomic mass is 16.5. The lowest BCUT2D eigenvalue weighted by atomic mass is 10.3. The Labute approximate surface area is 69.1 Å². The van der Waals surface area contributed by atoms with Gasteiger partial charge < -0.3 is 4.74 Å². The van der Waals surface area contributed by atoms with Gasteiger partial charge in [-0.25, -0.2) is 0 Å². The Balaban J connectivity index is 3.35. The Kier molecular flexibility index (Phi) is 8.50. The highest BCUT2D eigenvalue weighted by Crippen LogP contribution is 1.83. The molecule has 0 aliphatic rings. The van der Waals surface area contributed by atoms with Crippen LogP contribution in [0.2, 0.25) is 0 Å². The summed E-state index contributed by atoms with van der Waals surface area (Å²) in [5.74, 6) is 0. The molecule has 1 nitrogen and oxygen atoms in total. The summed E-state index contributed by atoms with van der Waals surface area (Å²) in [6.07, 6.45) is 13.2. The fourth-order valence-electron chi connectivity index (χ4n) is 0.573. The summed E-state index contributed by atoms with van der Waals surface area (Å²) in [5.41, 5.74) is 0. The molecule has 0 radical (unpaired) electrons. The van der Waals surface area contributed by atoms with Crippen LogP contribution in [0.1, 0.15) is 13.3 Å². The van der Waals surface area contributed by atoms with E-state index in [0.29, 0.717) is 6.61 Å². The minimum atomic E-state index is 0.682. The van der Waals surface area contributed by atoms with E-state index >= 15 is 0 Å². The van der Waals surface area contributed by atoms with Crippen LogP contribution in [0.15, 0.2) is 36.5 Å². The largest absolute Gasteiger partial charge is 0.381 e. The summed E-state index contributed by atoms with van der Waals surface area (Å²) in [6, 6.07) is 0. The van der Waals surface area contributed by atoms with Crippen molar-refractivity contribution in [3.05, 3.63) is 36.5 Å². The van der Waals surface area contributed by atoms with E-state index < -0.39 is 0 Å². The third-order valence-corrected chi connectivity index (χ3v) is 1.10. The molecule has 0 rings (SSSR count). The number of methoxy groups -OCH3 is 1. The van der Waals surface area contributed by atoms with Crippen LogP contribution in [-0.2, 0) is 4.74 Å². The molecular weight excluding hydrogens is 136 g/mol. The first-order valence-corrected chi connectivity index (χ1v) is 3.89. The Morgan fingerprint density at radius 1 is 1.00 bits per heavy atom. The van der Waals surface area contributed by atoms with Crippen LogP contribution in [0, 0.1) is 0 Å². The minimum absolute atomic E-state index is 0.682. The van der Waals surface area contributed by atoms with Gasteiger partial charge in [0, 0.05) is 7.11 Å². The van der Waals surface area contributed by atoms with Crippen LogP contribution in [0.4, 0.5) is 0 Å². The first kappa shape index (κ1) is 10.2. The van der Waals surface area contributed by atoms with Crippen LogP contribution in [0.3, 0.4) is 0 Å². The molecule has 0 atom stereocenters. The van der Waals surface area contributed by atoms with Crippen molar-refractivity contribution in [1.29, 1.82) is 0 Å². The highest BCUT2D eigenvalue weighted by Gasteiger charge is 1.67. The Morgan fingerprint density at radius 2 is 1.64 bits per heavy atom. The fourth-order valence-corrected chi connectivity index (χ4v) is 0.573. The lowest BCUT2D eigenvalue weighted by Gasteiger charge is -1.83. The van der Waals surface area contributed by atoms with Crippen molar-refractivity contribution < 1.29 is 4.74 Å². The van der Waals surface area contributed by atoms with Gasteiger partial charge in [0.15, 0.2) is 0 Å². The van der Waals surface area contributed by atoms with Crippen LogP contribution in [-0.4, -0.2) is 13.7 Å². The summed E-state index contributed by atoms with van der Waals surface area (Å²) < 4.78 is 4.83. The maximum Gasteiger partial charge on any atom is 0.0646 e. The zero-order chi connectivity index (χ0) is 8.36. The third kappa shape index (κ3) is 9.18. The lowest BCUT2D eigenvalue weighted by molar-refractivity contribution is 0.234. The molecule has 0 saturated heterocycles. The van der Waals surface area contributed by atoms with Gasteiger partial charge in [0.25, 0.3) is 0 Å². The maximum absolute atomic E-state index is 4.83. The predicted molar refractivity (Wildman–Crippen MR) is 49.6 cm³/mol. The van der Waals surface area contributed by atoms with Crippen LogP contribution >= 0.6 is 0 Å². The maximum atomic E-state index is 4.83. The minimum Gasteiger partial charge on any atom is -0.381 e. The van der Waals surface area contributed by atoms with Crippen LogP contribution < -0.4 is 0 Å². The second-order valence-corrected chi connectivity index (χ2v) is 2.10. The highest BCUT2D eigenvalue weighted by molar-refractivity contribution is 5.10. The molecule has 1 heteroatoms. The van der Waals surface area contributed by atoms with E-state index in [2.05, 4.69) is 13.0 Å². The molecule has 62 valence electrons. The smallest absolute Gasteiger partial charge is 0.0646 e. The van der Waals surface area contributed by atoms with Gasteiger partial charge in [-0.1, -0.05) is 43.4 Å². The van der Waals surface area contributed by atoms with E-state index in [1.54, 1.807) is 7.11 Å². The molecule has 0 aliphatic heterocycles. The average Bonchev–Trinajstić information content (AvgIpc) is 2.03. The molecule has 11 heavy (non-hydrogen) atoms. The van der Waals surface area contributed by atoms with E-state index in [0.717, 1.165) is 6.42 Å². The SMILES string of the molecule is CC/C=C/C=C/C=C/COC. The quantitative estimate of drug-likeness (QED) is 0.550. The number of hydrogen-bond donors (Lipinski definition) is 0. The van der Waals surface area contributed by atoms with Gasteiger partial charge in [-0.2, -0.15) is 0 Å². The zero-order valence-corrected chi connectivity index (χ0v) is 7.29. The molecular formula is C10H16O. The molecule has 0 N–H and O–H groups in total. The molecule has 0 bridgehead atoms. The predicted octanol–water partition coefficient (Wildman–Crippen LogP) is 2.71. The topological polar surface area (TPSA) is 9.23 Å². The van der Waals surface area contributed by atoms with Gasteiger partial charge in [-0.05, 0) is 6.42 Å². The summed E-state index contributed by atoms with van der Waals surface area (Å²) in [5, 5.41) is 0. The Hall–Kier alpha value is -0.820. The molecule has 0 aromatic rings. The van der Waals surface area contributed by atoms with E-state index in [1.165, 1.54) is 0 Å². The van der Waals surface area contributed by atoms with Crippen molar-refractivity contribution in [2.45, 2.75) is 13.3 Å². The van der Waals surface area contributed by atoms with E-state index in [4.69, 9.17) is 4.74 Å². The van der Waals surface area contributed by atoms with E-state index in [-0.39, 0.29) is 0 Å². The number of allylic oxidation sites excluding steroid dienone is 5. The third-order valence-electron chi connectivity index (χ3n) is 1.10. The van der Waals surface area contributed by atoms with Gasteiger partial charge in [0.1, 0.15) is 0 Å². The molecule has 0 spiro atoms. The van der Waals surface area contributed by atoms with Gasteiger partial charge >= 0.3 is 0 Å². The first-order valence-electron chi connectivity index (χ1n) is 3.89. The van der Waals surface area contributed by atoms with Gasteiger partial charge in [0.05, 0.1) is 6.61 Å². The Morgan fingerprint density at radius 3 is 2.18 bits per heavy atom. The summed E-state index contributed by atoms with van der Waals surface area (Å²) in [7, 11) is 1.69. The van der Waals surface area contributed by atoms with Gasteiger partial charge in [-0.15, -0.1) is 0 Å². The van der Waals surface area contributed by atoms with Gasteiger partial charge in [0.2, 0.25) is 0 Å². The second-order valence-electron chi connectivity index (χ2n) is 2.10. The second kappa shape index (κ2) is 9.18. The van der Waals surface area contributed by atoms with E-state index in [1.807, 2.05) is 30.4 Å². The summed E-state index contributed by atoms with van der Waals surface area (Å²) >= 11 is 0. The normalized spacial score (nSPS) is 12.5. The first-order chi connectivity index (χ1) is 5.41. The monoisotopic (exact) mass is 152 g/mol. The van der Waals surface area contributed by atoms with Crippen molar-refractivity contribution in [2.75, 3.05) is 13.7 Å². The van der Waals surface area contributed by atoms with Crippen molar-refractivity contribution in [3.8, 4) is 0 Å². The summed E-state index contributed by atoms with van der Waals surface area (Å²) in [6.45, 7) is 2.80. The molecule has 0 aromatic carbocycles. The lowest BCUT2D eigenvalue weighted by Crippen LogP contribution is -1.78. The van der Waals surface area contributed by atoms with Crippen LogP contribution in [0.25, 0.3) is 0 Å². The molecule has 0 saturated carbocycles. The molecule has 0 aromatic heterocycles. The molecule has 0 heterocycles. The number of rotatable bonds is 5. The molecule has 0 unspecified atom stereocenters. The van der Waals surface area contributed by atoms with E-state index in [9.17, 15) is 0 Å². The fraction of sp³-hybridized carbons (Fsp3) is 0.400. The molecule has 0 aliphatic carbocycles. The number of hydrogen-bond acceptors (Lipinski definition) is 1. The summed E-state index contributed by atoms with van der Waals surface area (Å²) in [4.78, 5) is 0. The van der Waals surface area contributed by atoms with Crippen molar-refractivity contribution in [2.24, 2.45) is 0 Å². The van der Waals surface area contributed by atoms with Crippen molar-refractivity contribution in [1.82, 2.24) is 0 Å². The van der Waals surface area contributed by atoms with Gasteiger partial charge in [-0.3, -0.25) is 0 Å².